The minimum atomic E-state index is -4.01. The molecule has 31 heavy (non-hydrogen) atoms. The first-order valence-corrected chi connectivity index (χ1v) is 11.5. The van der Waals surface area contributed by atoms with Crippen LogP contribution in [0, 0.1) is 0 Å². The maximum atomic E-state index is 13.4. The van der Waals surface area contributed by atoms with Gasteiger partial charge in [0.2, 0.25) is 0 Å². The van der Waals surface area contributed by atoms with Crippen LogP contribution in [-0.2, 0) is 19.5 Å². The van der Waals surface area contributed by atoms with Crippen LogP contribution in [0.2, 0.25) is 5.02 Å². The molecule has 1 heterocycles. The Morgan fingerprint density at radius 1 is 1.29 bits per heavy atom. The summed E-state index contributed by atoms with van der Waals surface area (Å²) in [5.74, 6) is -0.0975. The lowest BCUT2D eigenvalue weighted by Crippen LogP contribution is -2.31. The first-order chi connectivity index (χ1) is 14.9. The van der Waals surface area contributed by atoms with Gasteiger partial charge < -0.3 is 14.2 Å². The van der Waals surface area contributed by atoms with Gasteiger partial charge in [0.1, 0.15) is 12.4 Å². The monoisotopic (exact) mass is 465 g/mol. The highest BCUT2D eigenvalue weighted by Gasteiger charge is 2.27. The molecule has 2 aromatic carbocycles. The number of esters is 1. The van der Waals surface area contributed by atoms with E-state index in [0.29, 0.717) is 18.0 Å². The van der Waals surface area contributed by atoms with Crippen LogP contribution in [0.1, 0.15) is 23.2 Å². The Kier molecular flexibility index (Phi) is 7.59. The molecule has 0 amide bonds. The van der Waals surface area contributed by atoms with Crippen LogP contribution in [0.5, 0.6) is 5.75 Å². The topological polar surface area (TPSA) is 82.1 Å². The summed E-state index contributed by atoms with van der Waals surface area (Å²) in [6.45, 7) is 4.43. The number of carbonyl (C=O) groups is 1. The molecule has 166 valence electrons. The summed E-state index contributed by atoms with van der Waals surface area (Å²) < 4.78 is 43.8. The van der Waals surface area contributed by atoms with Crippen molar-refractivity contribution in [3.63, 3.8) is 0 Å². The number of hydrogen-bond donors (Lipinski definition) is 0. The zero-order valence-electron chi connectivity index (χ0n) is 17.1. The van der Waals surface area contributed by atoms with Crippen molar-refractivity contribution in [2.75, 3.05) is 31.2 Å². The van der Waals surface area contributed by atoms with E-state index in [0.717, 1.165) is 12.8 Å². The molecule has 0 spiro atoms. The fraction of sp³-hybridized carbons (Fsp3) is 0.318. The van der Waals surface area contributed by atoms with Crippen molar-refractivity contribution >= 4 is 33.3 Å². The molecule has 3 rings (SSSR count). The van der Waals surface area contributed by atoms with Gasteiger partial charge >= 0.3 is 5.97 Å². The molecule has 0 radical (unpaired) electrons. The van der Waals surface area contributed by atoms with E-state index in [9.17, 15) is 13.2 Å². The second-order valence-electron chi connectivity index (χ2n) is 6.90. The second-order valence-corrected chi connectivity index (χ2v) is 9.17. The Bertz CT molecular complexity index is 1030. The highest BCUT2D eigenvalue weighted by atomic mass is 35.5. The standard InChI is InChI=1S/C22H24ClNO6S/c1-3-12-24(16-6-8-17(28-2)9-7-16)31(26,27)19-10-11-21(23)20(14-19)22(25)30-15-18-5-4-13-29-18/h3,6-11,14,18H,1,4-5,12-13,15H2,2H3. The van der Waals surface area contributed by atoms with Gasteiger partial charge in [-0.2, -0.15) is 0 Å². The van der Waals surface area contributed by atoms with Crippen LogP contribution in [0.15, 0.2) is 60.0 Å². The Morgan fingerprint density at radius 3 is 2.65 bits per heavy atom. The van der Waals surface area contributed by atoms with Crippen molar-refractivity contribution in [2.24, 2.45) is 0 Å². The molecule has 1 aliphatic rings. The molecule has 0 saturated carbocycles. The fourth-order valence-electron chi connectivity index (χ4n) is 3.18. The number of halogens is 1. The molecule has 7 nitrogen and oxygen atoms in total. The first-order valence-electron chi connectivity index (χ1n) is 9.72. The number of methoxy groups -OCH3 is 1. The largest absolute Gasteiger partial charge is 0.497 e. The van der Waals surface area contributed by atoms with Gasteiger partial charge in [-0.15, -0.1) is 6.58 Å². The van der Waals surface area contributed by atoms with E-state index in [1.165, 1.54) is 35.7 Å². The third-order valence-corrected chi connectivity index (χ3v) is 6.94. The van der Waals surface area contributed by atoms with Crippen molar-refractivity contribution in [1.29, 1.82) is 0 Å². The van der Waals surface area contributed by atoms with E-state index in [1.807, 2.05) is 0 Å². The minimum absolute atomic E-state index is 0.0194. The van der Waals surface area contributed by atoms with Crippen molar-refractivity contribution in [1.82, 2.24) is 0 Å². The number of ether oxygens (including phenoxy) is 3. The molecule has 1 saturated heterocycles. The fourth-order valence-corrected chi connectivity index (χ4v) is 4.84. The third kappa shape index (κ3) is 5.39. The minimum Gasteiger partial charge on any atom is -0.497 e. The maximum Gasteiger partial charge on any atom is 0.339 e. The molecular weight excluding hydrogens is 442 g/mol. The number of rotatable bonds is 9. The van der Waals surface area contributed by atoms with E-state index >= 15 is 0 Å². The highest BCUT2D eigenvalue weighted by Crippen LogP contribution is 2.28. The summed E-state index contributed by atoms with van der Waals surface area (Å²) in [6.07, 6.45) is 3.07. The molecule has 2 aromatic rings. The van der Waals surface area contributed by atoms with Crippen LogP contribution in [-0.4, -0.2) is 47.4 Å². The predicted molar refractivity (Wildman–Crippen MR) is 118 cm³/mol. The molecule has 1 unspecified atom stereocenters. The molecule has 1 atom stereocenters. The molecule has 1 aliphatic heterocycles. The molecule has 0 aromatic heterocycles. The van der Waals surface area contributed by atoms with Crippen LogP contribution in [0.25, 0.3) is 0 Å². The predicted octanol–water partition coefficient (Wildman–Crippen LogP) is 4.07. The van der Waals surface area contributed by atoms with Crippen molar-refractivity contribution in [3.05, 3.63) is 65.7 Å². The van der Waals surface area contributed by atoms with Gasteiger partial charge in [-0.25, -0.2) is 13.2 Å². The number of carbonyl (C=O) groups excluding carboxylic acids is 1. The van der Waals surface area contributed by atoms with Crippen LogP contribution in [0.4, 0.5) is 5.69 Å². The molecule has 1 fully saturated rings. The van der Waals surface area contributed by atoms with Gasteiger partial charge in [0, 0.05) is 6.61 Å². The number of anilines is 1. The average molecular weight is 466 g/mol. The molecule has 9 heteroatoms. The molecule has 0 aliphatic carbocycles. The zero-order valence-corrected chi connectivity index (χ0v) is 18.7. The lowest BCUT2D eigenvalue weighted by Gasteiger charge is -2.23. The van der Waals surface area contributed by atoms with Gasteiger partial charge in [0.05, 0.1) is 40.9 Å². The molecular formula is C22H24ClNO6S. The Morgan fingerprint density at radius 2 is 2.03 bits per heavy atom. The highest BCUT2D eigenvalue weighted by molar-refractivity contribution is 7.92. The number of benzene rings is 2. The number of hydrogen-bond acceptors (Lipinski definition) is 6. The summed E-state index contributed by atoms with van der Waals surface area (Å²) in [7, 11) is -2.48. The number of nitrogens with zero attached hydrogens (tertiary/aromatic N) is 1. The molecule has 0 bridgehead atoms. The Labute approximate surface area is 187 Å². The van der Waals surface area contributed by atoms with Crippen molar-refractivity contribution < 1.29 is 27.4 Å². The summed E-state index contributed by atoms with van der Waals surface area (Å²) in [4.78, 5) is 12.5. The molecule has 0 N–H and O–H groups in total. The van der Waals surface area contributed by atoms with E-state index in [1.54, 1.807) is 24.3 Å². The van der Waals surface area contributed by atoms with Crippen LogP contribution < -0.4 is 9.04 Å². The van der Waals surface area contributed by atoms with E-state index in [4.69, 9.17) is 25.8 Å². The van der Waals surface area contributed by atoms with Gasteiger partial charge in [-0.3, -0.25) is 4.31 Å². The van der Waals surface area contributed by atoms with Crippen LogP contribution >= 0.6 is 11.6 Å². The normalized spacial score (nSPS) is 16.0. The lowest BCUT2D eigenvalue weighted by atomic mass is 10.2. The van der Waals surface area contributed by atoms with Gasteiger partial charge in [-0.1, -0.05) is 17.7 Å². The number of sulfonamides is 1. The summed E-state index contributed by atoms with van der Waals surface area (Å²) >= 11 is 6.16. The van der Waals surface area contributed by atoms with Gasteiger partial charge in [-0.05, 0) is 55.3 Å². The smallest absolute Gasteiger partial charge is 0.339 e. The Balaban J connectivity index is 1.88. The van der Waals surface area contributed by atoms with Crippen molar-refractivity contribution in [2.45, 2.75) is 23.8 Å². The summed E-state index contributed by atoms with van der Waals surface area (Å²) in [5.41, 5.74) is 0.409. The average Bonchev–Trinajstić information content (AvgIpc) is 3.29. The maximum absolute atomic E-state index is 13.4. The van der Waals surface area contributed by atoms with E-state index in [2.05, 4.69) is 6.58 Å². The SMILES string of the molecule is C=CCN(c1ccc(OC)cc1)S(=O)(=O)c1ccc(Cl)c(C(=O)OCC2CCCO2)c1. The van der Waals surface area contributed by atoms with E-state index < -0.39 is 16.0 Å². The Hall–Kier alpha value is -2.55. The third-order valence-electron chi connectivity index (χ3n) is 4.83. The van der Waals surface area contributed by atoms with Crippen LogP contribution in [0.3, 0.4) is 0 Å². The second kappa shape index (κ2) is 10.2. The quantitative estimate of drug-likeness (QED) is 0.410. The zero-order chi connectivity index (χ0) is 22.4. The van der Waals surface area contributed by atoms with E-state index in [-0.39, 0.29) is 34.7 Å². The summed E-state index contributed by atoms with van der Waals surface area (Å²) in [5, 5.41) is 0.107. The first kappa shape index (κ1) is 23.1. The van der Waals surface area contributed by atoms with Crippen molar-refractivity contribution in [3.8, 4) is 5.75 Å². The van der Waals surface area contributed by atoms with Gasteiger partial charge in [0.15, 0.2) is 0 Å². The lowest BCUT2D eigenvalue weighted by molar-refractivity contribution is 0.0161. The van der Waals surface area contributed by atoms with Gasteiger partial charge in [0.25, 0.3) is 10.0 Å². The summed E-state index contributed by atoms with van der Waals surface area (Å²) in [6, 6.07) is 10.5.